The molecule has 35 heavy (non-hydrogen) atoms. The number of hydrogen-bond donors (Lipinski definition) is 0. The van der Waals surface area contributed by atoms with E-state index in [-0.39, 0.29) is 22.4 Å². The molecule has 0 spiro atoms. The molecule has 0 saturated heterocycles. The van der Waals surface area contributed by atoms with Gasteiger partial charge in [0, 0.05) is 5.41 Å². The Kier molecular flexibility index (Phi) is 5.57. The molecule has 0 bridgehead atoms. The standard InChI is InChI=1S/C29H21FO5/c1-29(2,18-3-9-21(10-4-18)33-23-13-7-20(30)8-14-23)19-5-11-22(12-6-19)34-24-15-16-25-26(17-24)28(32)35-27(25)31/h3-17H,1-2H3. The highest BCUT2D eigenvalue weighted by molar-refractivity contribution is 6.14. The summed E-state index contributed by atoms with van der Waals surface area (Å²) in [6.07, 6.45) is 0. The topological polar surface area (TPSA) is 61.8 Å². The first-order valence-corrected chi connectivity index (χ1v) is 11.0. The number of carbonyl (C=O) groups is 2. The van der Waals surface area contributed by atoms with E-state index in [0.29, 0.717) is 23.0 Å². The molecule has 0 unspecified atom stereocenters. The predicted molar refractivity (Wildman–Crippen MR) is 128 cm³/mol. The van der Waals surface area contributed by atoms with Crippen LogP contribution in [0.1, 0.15) is 45.7 Å². The maximum atomic E-state index is 13.1. The normalized spacial score (nSPS) is 12.8. The van der Waals surface area contributed by atoms with Gasteiger partial charge in [0.05, 0.1) is 11.1 Å². The zero-order valence-electron chi connectivity index (χ0n) is 19.1. The van der Waals surface area contributed by atoms with E-state index >= 15 is 0 Å². The van der Waals surface area contributed by atoms with Gasteiger partial charge in [0.1, 0.15) is 28.8 Å². The first kappa shape index (κ1) is 22.3. The molecule has 0 aliphatic carbocycles. The molecule has 0 amide bonds. The number of hydrogen-bond acceptors (Lipinski definition) is 5. The monoisotopic (exact) mass is 468 g/mol. The third-order valence-electron chi connectivity index (χ3n) is 6.05. The third-order valence-corrected chi connectivity index (χ3v) is 6.05. The van der Waals surface area contributed by atoms with Crippen LogP contribution in [0, 0.1) is 5.82 Å². The molecule has 0 fully saturated rings. The summed E-state index contributed by atoms with van der Waals surface area (Å²) in [5.41, 5.74) is 2.34. The number of cyclic esters (lactones) is 2. The minimum absolute atomic E-state index is 0.206. The lowest BCUT2D eigenvalue weighted by atomic mass is 9.78. The van der Waals surface area contributed by atoms with Gasteiger partial charge >= 0.3 is 11.9 Å². The van der Waals surface area contributed by atoms with Gasteiger partial charge in [-0.05, 0) is 77.9 Å². The van der Waals surface area contributed by atoms with E-state index in [0.717, 1.165) is 11.1 Å². The first-order valence-electron chi connectivity index (χ1n) is 11.0. The third kappa shape index (κ3) is 4.51. The number of benzene rings is 4. The molecule has 1 heterocycles. The van der Waals surface area contributed by atoms with E-state index in [1.54, 1.807) is 18.2 Å². The molecule has 0 radical (unpaired) electrons. The van der Waals surface area contributed by atoms with Crippen LogP contribution in [0.5, 0.6) is 23.0 Å². The first-order chi connectivity index (χ1) is 16.8. The van der Waals surface area contributed by atoms with Crippen LogP contribution in [0.15, 0.2) is 91.0 Å². The number of ether oxygens (including phenoxy) is 3. The zero-order valence-corrected chi connectivity index (χ0v) is 19.1. The Bertz CT molecular complexity index is 1410. The lowest BCUT2D eigenvalue weighted by Gasteiger charge is -2.26. The fraction of sp³-hybridized carbons (Fsp3) is 0.103. The van der Waals surface area contributed by atoms with Crippen molar-refractivity contribution >= 4 is 11.9 Å². The Labute approximate surface area is 201 Å². The summed E-state index contributed by atoms with van der Waals surface area (Å²) in [6.45, 7) is 4.25. The van der Waals surface area contributed by atoms with Crippen molar-refractivity contribution in [2.75, 3.05) is 0 Å². The van der Waals surface area contributed by atoms with Crippen molar-refractivity contribution in [1.82, 2.24) is 0 Å². The maximum absolute atomic E-state index is 13.1. The van der Waals surface area contributed by atoms with Gasteiger partial charge in [0.15, 0.2) is 0 Å². The Hall–Kier alpha value is -4.45. The van der Waals surface area contributed by atoms with E-state index in [1.807, 2.05) is 48.5 Å². The highest BCUT2D eigenvalue weighted by atomic mass is 19.1. The average Bonchev–Trinajstić information content (AvgIpc) is 3.14. The summed E-state index contributed by atoms with van der Waals surface area (Å²) in [5.74, 6) is 0.671. The van der Waals surface area contributed by atoms with Crippen molar-refractivity contribution in [3.05, 3.63) is 119 Å². The van der Waals surface area contributed by atoms with Crippen LogP contribution in [0.2, 0.25) is 0 Å². The summed E-state index contributed by atoms with van der Waals surface area (Å²) in [6, 6.07) is 26.1. The van der Waals surface area contributed by atoms with Crippen molar-refractivity contribution in [2.24, 2.45) is 0 Å². The van der Waals surface area contributed by atoms with Gasteiger partial charge in [-0.3, -0.25) is 0 Å². The highest BCUT2D eigenvalue weighted by Gasteiger charge is 2.30. The number of carbonyl (C=O) groups excluding carboxylic acids is 2. The molecule has 0 aromatic heterocycles. The van der Waals surface area contributed by atoms with Gasteiger partial charge < -0.3 is 14.2 Å². The van der Waals surface area contributed by atoms with Gasteiger partial charge in [-0.2, -0.15) is 0 Å². The summed E-state index contributed by atoms with van der Waals surface area (Å²) >= 11 is 0. The number of esters is 2. The molecule has 1 aliphatic rings. The number of rotatable bonds is 6. The van der Waals surface area contributed by atoms with Crippen LogP contribution in [0.25, 0.3) is 0 Å². The fourth-order valence-corrected chi connectivity index (χ4v) is 3.95. The molecule has 5 nitrogen and oxygen atoms in total. The van der Waals surface area contributed by atoms with Gasteiger partial charge in [0.25, 0.3) is 0 Å². The largest absolute Gasteiger partial charge is 0.457 e. The van der Waals surface area contributed by atoms with Crippen molar-refractivity contribution in [2.45, 2.75) is 19.3 Å². The molecule has 0 atom stereocenters. The zero-order chi connectivity index (χ0) is 24.6. The summed E-state index contributed by atoms with van der Waals surface area (Å²) < 4.78 is 29.4. The quantitative estimate of drug-likeness (QED) is 0.224. The van der Waals surface area contributed by atoms with E-state index < -0.39 is 11.9 Å². The second kappa shape index (κ2) is 8.72. The predicted octanol–water partition coefficient (Wildman–Crippen LogP) is 7.05. The van der Waals surface area contributed by atoms with Gasteiger partial charge in [-0.25, -0.2) is 14.0 Å². The molecule has 4 aromatic rings. The Morgan fingerprint density at radius 2 is 1.03 bits per heavy atom. The molecule has 5 rings (SSSR count). The molecule has 0 saturated carbocycles. The van der Waals surface area contributed by atoms with E-state index in [4.69, 9.17) is 9.47 Å². The second-order valence-corrected chi connectivity index (χ2v) is 8.72. The van der Waals surface area contributed by atoms with E-state index in [9.17, 15) is 14.0 Å². The van der Waals surface area contributed by atoms with Crippen LogP contribution < -0.4 is 9.47 Å². The van der Waals surface area contributed by atoms with Crippen LogP contribution in [-0.2, 0) is 10.2 Å². The van der Waals surface area contributed by atoms with E-state index in [2.05, 4.69) is 18.6 Å². The summed E-state index contributed by atoms with van der Waals surface area (Å²) in [7, 11) is 0. The van der Waals surface area contributed by atoms with Crippen LogP contribution in [-0.4, -0.2) is 11.9 Å². The molecule has 174 valence electrons. The molecule has 4 aromatic carbocycles. The molecule has 0 N–H and O–H groups in total. The van der Waals surface area contributed by atoms with Gasteiger partial charge in [-0.1, -0.05) is 38.1 Å². The smallest absolute Gasteiger partial charge is 0.347 e. The minimum Gasteiger partial charge on any atom is -0.457 e. The van der Waals surface area contributed by atoms with Crippen molar-refractivity contribution in [3.63, 3.8) is 0 Å². The molecular weight excluding hydrogens is 447 g/mol. The van der Waals surface area contributed by atoms with Crippen LogP contribution in [0.3, 0.4) is 0 Å². The van der Waals surface area contributed by atoms with Crippen LogP contribution in [0.4, 0.5) is 4.39 Å². The van der Waals surface area contributed by atoms with Crippen molar-refractivity contribution < 1.29 is 28.2 Å². The maximum Gasteiger partial charge on any atom is 0.347 e. The fourth-order valence-electron chi connectivity index (χ4n) is 3.95. The lowest BCUT2D eigenvalue weighted by molar-refractivity contribution is 0.0443. The number of halogens is 1. The second-order valence-electron chi connectivity index (χ2n) is 8.72. The molecule has 6 heteroatoms. The van der Waals surface area contributed by atoms with Gasteiger partial charge in [-0.15, -0.1) is 0 Å². The summed E-state index contributed by atoms with van der Waals surface area (Å²) in [4.78, 5) is 23.4. The average molecular weight is 468 g/mol. The molecule has 1 aliphatic heterocycles. The van der Waals surface area contributed by atoms with Gasteiger partial charge in [0.2, 0.25) is 0 Å². The Balaban J connectivity index is 1.29. The highest BCUT2D eigenvalue weighted by Crippen LogP contribution is 2.35. The van der Waals surface area contributed by atoms with Crippen LogP contribution >= 0.6 is 0 Å². The van der Waals surface area contributed by atoms with Crippen molar-refractivity contribution in [3.8, 4) is 23.0 Å². The van der Waals surface area contributed by atoms with E-state index in [1.165, 1.54) is 24.3 Å². The Morgan fingerprint density at radius 3 is 1.57 bits per heavy atom. The Morgan fingerprint density at radius 1 is 0.600 bits per heavy atom. The lowest BCUT2D eigenvalue weighted by Crippen LogP contribution is -2.18. The number of fused-ring (bicyclic) bond motifs is 1. The summed E-state index contributed by atoms with van der Waals surface area (Å²) in [5, 5.41) is 0. The van der Waals surface area contributed by atoms with Crippen molar-refractivity contribution in [1.29, 1.82) is 0 Å². The SMILES string of the molecule is CC(C)(c1ccc(Oc2ccc(F)cc2)cc1)c1ccc(Oc2ccc3c(c2)C(=O)OC3=O)cc1. The minimum atomic E-state index is -0.665. The molecular formula is C29H21FO5.